The van der Waals surface area contributed by atoms with Crippen LogP contribution >= 0.6 is 0 Å². The molecule has 0 aliphatic carbocycles. The van der Waals surface area contributed by atoms with Gasteiger partial charge < -0.3 is 9.47 Å². The number of hydrogen-bond donors (Lipinski definition) is 1. The van der Waals surface area contributed by atoms with Crippen LogP contribution in [0.15, 0.2) is 18.5 Å². The Morgan fingerprint density at radius 3 is 2.31 bits per heavy atom. The molecular weight excluding hydrogens is 522 g/mol. The van der Waals surface area contributed by atoms with Gasteiger partial charge in [0.15, 0.2) is 5.82 Å². The maximum Gasteiger partial charge on any atom is 0.151 e. The van der Waals surface area contributed by atoms with Crippen LogP contribution in [0, 0.1) is 38.5 Å². The van der Waals surface area contributed by atoms with E-state index in [0.29, 0.717) is 6.61 Å². The third-order valence-corrected chi connectivity index (χ3v) is 9.48. The minimum Gasteiger partial charge on any atom is -0.487 e. The summed E-state index contributed by atoms with van der Waals surface area (Å²) in [5.74, 6) is 5.30. The van der Waals surface area contributed by atoms with Gasteiger partial charge in [0.25, 0.3) is 0 Å². The van der Waals surface area contributed by atoms with Gasteiger partial charge in [-0.25, -0.2) is 4.68 Å². The van der Waals surface area contributed by atoms with Gasteiger partial charge in [0, 0.05) is 11.6 Å². The van der Waals surface area contributed by atoms with Crippen LogP contribution in [0.1, 0.15) is 127 Å². The minimum atomic E-state index is -0.102. The van der Waals surface area contributed by atoms with Crippen LogP contribution in [0.2, 0.25) is 0 Å². The number of ether oxygens (including phenoxy) is 2. The molecule has 0 radical (unpaired) electrons. The Labute approximate surface area is 254 Å². The van der Waals surface area contributed by atoms with Crippen molar-refractivity contribution >= 4 is 0 Å². The zero-order valence-electron chi connectivity index (χ0n) is 27.6. The van der Waals surface area contributed by atoms with Crippen molar-refractivity contribution in [2.24, 2.45) is 17.8 Å². The van der Waals surface area contributed by atoms with E-state index in [9.17, 15) is 0 Å². The molecule has 3 aromatic rings. The van der Waals surface area contributed by atoms with Gasteiger partial charge in [-0.1, -0.05) is 77.9 Å². The van der Waals surface area contributed by atoms with Crippen LogP contribution < -0.4 is 9.47 Å². The normalized spacial score (nSPS) is 18.1. The molecular formula is C35H55N5O2. The van der Waals surface area contributed by atoms with Crippen LogP contribution in [0.4, 0.5) is 0 Å². The second-order valence-electron chi connectivity index (χ2n) is 13.8. The summed E-state index contributed by atoms with van der Waals surface area (Å²) in [7, 11) is 0. The number of benzene rings is 1. The number of rotatable bonds is 16. The lowest BCUT2D eigenvalue weighted by Crippen LogP contribution is -2.37. The number of H-pyrrole nitrogens is 1. The predicted octanol–water partition coefficient (Wildman–Crippen LogP) is 9.02. The Balaban J connectivity index is 1.26. The van der Waals surface area contributed by atoms with Crippen molar-refractivity contribution in [2.45, 2.75) is 138 Å². The van der Waals surface area contributed by atoms with Gasteiger partial charge in [-0.3, -0.25) is 5.10 Å². The van der Waals surface area contributed by atoms with E-state index in [2.05, 4.69) is 75.9 Å². The van der Waals surface area contributed by atoms with Gasteiger partial charge in [-0.15, -0.1) is 5.10 Å². The Kier molecular flexibility index (Phi) is 11.1. The molecule has 2 aromatic heterocycles. The van der Waals surface area contributed by atoms with Crippen LogP contribution in [-0.4, -0.2) is 30.8 Å². The Bertz CT molecular complexity index is 1260. The predicted molar refractivity (Wildman–Crippen MR) is 171 cm³/mol. The Morgan fingerprint density at radius 2 is 1.64 bits per heavy atom. The van der Waals surface area contributed by atoms with E-state index >= 15 is 0 Å². The van der Waals surface area contributed by atoms with E-state index in [1.165, 1.54) is 68.1 Å². The van der Waals surface area contributed by atoms with Crippen molar-refractivity contribution in [2.75, 3.05) is 0 Å². The Hall–Kier alpha value is -2.83. The first kappa shape index (κ1) is 32.1. The molecule has 0 bridgehead atoms. The Morgan fingerprint density at radius 1 is 0.952 bits per heavy atom. The summed E-state index contributed by atoms with van der Waals surface area (Å²) in [5.41, 5.74) is 5.48. The number of aromatic nitrogens is 5. The molecule has 0 unspecified atom stereocenters. The standard InChI is InChI=1S/C35H55N5O2/c1-24(2)12-9-13-25(3)14-10-15-26(4)16-11-19-35(8)20-17-31-29(7)33(27(5)28(6)34(31)42-35)41-23-30-22-40(39-37-30)32-18-21-36-38-32/h18,21-22,24-26H,9-17,19-20,23H2,1-8H3,(H,36,38)/t25-,26-,35-/m1/s1. The third-order valence-electron chi connectivity index (χ3n) is 9.48. The lowest BCUT2D eigenvalue weighted by Gasteiger charge is -2.38. The average Bonchev–Trinajstić information content (AvgIpc) is 3.64. The summed E-state index contributed by atoms with van der Waals surface area (Å²) >= 11 is 0. The van der Waals surface area contributed by atoms with E-state index in [-0.39, 0.29) is 5.60 Å². The highest BCUT2D eigenvalue weighted by Crippen LogP contribution is 2.45. The van der Waals surface area contributed by atoms with Crippen LogP contribution in [0.25, 0.3) is 5.82 Å². The quantitative estimate of drug-likeness (QED) is 0.184. The van der Waals surface area contributed by atoms with Gasteiger partial charge in [0.2, 0.25) is 0 Å². The molecule has 0 saturated carbocycles. The zero-order valence-corrected chi connectivity index (χ0v) is 27.6. The maximum atomic E-state index is 6.83. The van der Waals surface area contributed by atoms with Gasteiger partial charge in [0.05, 0.1) is 12.4 Å². The highest BCUT2D eigenvalue weighted by atomic mass is 16.5. The number of hydrogen-bond acceptors (Lipinski definition) is 5. The first-order valence-electron chi connectivity index (χ1n) is 16.4. The molecule has 1 aromatic carbocycles. The molecule has 1 aliphatic rings. The molecule has 0 saturated heterocycles. The van der Waals surface area contributed by atoms with Gasteiger partial charge in [0.1, 0.15) is 29.4 Å². The van der Waals surface area contributed by atoms with Crippen LogP contribution in [0.5, 0.6) is 11.5 Å². The fourth-order valence-corrected chi connectivity index (χ4v) is 6.48. The molecule has 0 spiro atoms. The third kappa shape index (κ3) is 8.38. The topological polar surface area (TPSA) is 77.9 Å². The van der Waals surface area contributed by atoms with Crippen molar-refractivity contribution in [3.8, 4) is 17.3 Å². The molecule has 0 fully saturated rings. The van der Waals surface area contributed by atoms with Crippen molar-refractivity contribution in [3.05, 3.63) is 46.4 Å². The summed E-state index contributed by atoms with van der Waals surface area (Å²) in [6, 6.07) is 1.85. The van der Waals surface area contributed by atoms with E-state index in [1.807, 2.05) is 12.3 Å². The molecule has 42 heavy (non-hydrogen) atoms. The summed E-state index contributed by atoms with van der Waals surface area (Å²) in [6.07, 6.45) is 17.5. The highest BCUT2D eigenvalue weighted by Gasteiger charge is 2.34. The second kappa shape index (κ2) is 14.6. The lowest BCUT2D eigenvalue weighted by molar-refractivity contribution is 0.0511. The highest BCUT2D eigenvalue weighted by molar-refractivity contribution is 5.59. The van der Waals surface area contributed by atoms with Crippen molar-refractivity contribution < 1.29 is 9.47 Å². The van der Waals surface area contributed by atoms with Crippen LogP contribution in [-0.2, 0) is 13.0 Å². The lowest BCUT2D eigenvalue weighted by atomic mass is 9.83. The van der Waals surface area contributed by atoms with Crippen molar-refractivity contribution in [3.63, 3.8) is 0 Å². The first-order chi connectivity index (χ1) is 20.1. The molecule has 1 aliphatic heterocycles. The van der Waals surface area contributed by atoms with Gasteiger partial charge in [-0.2, -0.15) is 5.10 Å². The van der Waals surface area contributed by atoms with E-state index in [1.54, 1.807) is 10.9 Å². The van der Waals surface area contributed by atoms with Gasteiger partial charge in [-0.05, 0) is 87.8 Å². The molecule has 7 heteroatoms. The summed E-state index contributed by atoms with van der Waals surface area (Å²) in [4.78, 5) is 0. The van der Waals surface area contributed by atoms with Gasteiger partial charge >= 0.3 is 0 Å². The molecule has 3 atom stereocenters. The number of fused-ring (bicyclic) bond motifs is 1. The first-order valence-corrected chi connectivity index (χ1v) is 16.4. The number of aromatic amines is 1. The van der Waals surface area contributed by atoms with E-state index in [4.69, 9.17) is 9.47 Å². The fourth-order valence-electron chi connectivity index (χ4n) is 6.48. The number of nitrogens with one attached hydrogen (secondary N) is 1. The molecule has 3 heterocycles. The monoisotopic (exact) mass is 577 g/mol. The smallest absolute Gasteiger partial charge is 0.151 e. The molecule has 7 nitrogen and oxygen atoms in total. The number of nitrogens with zero attached hydrogens (tertiary/aromatic N) is 4. The second-order valence-corrected chi connectivity index (χ2v) is 13.8. The molecule has 1 N–H and O–H groups in total. The van der Waals surface area contributed by atoms with Crippen molar-refractivity contribution in [1.82, 2.24) is 25.2 Å². The van der Waals surface area contributed by atoms with Crippen LogP contribution in [0.3, 0.4) is 0 Å². The van der Waals surface area contributed by atoms with E-state index in [0.717, 1.165) is 65.6 Å². The largest absolute Gasteiger partial charge is 0.487 e. The van der Waals surface area contributed by atoms with Crippen molar-refractivity contribution in [1.29, 1.82) is 0 Å². The molecule has 4 rings (SSSR count). The zero-order chi connectivity index (χ0) is 30.3. The average molecular weight is 578 g/mol. The molecule has 232 valence electrons. The fraction of sp³-hybridized carbons (Fsp3) is 0.686. The molecule has 0 amide bonds. The SMILES string of the molecule is Cc1c(C)c2c(c(C)c1OCc1cn(-c3ccn[nH]3)nn1)CC[C@@](C)(CCC[C@H](C)CCC[C@H](C)CCCC(C)C)O2. The summed E-state index contributed by atoms with van der Waals surface area (Å²) in [5, 5.41) is 15.3. The minimum absolute atomic E-state index is 0.102. The summed E-state index contributed by atoms with van der Waals surface area (Å²) < 4.78 is 14.9. The maximum absolute atomic E-state index is 6.83. The summed E-state index contributed by atoms with van der Waals surface area (Å²) in [6.45, 7) is 18.7. The van der Waals surface area contributed by atoms with E-state index < -0.39 is 0 Å².